The van der Waals surface area contributed by atoms with Crippen LogP contribution in [-0.2, 0) is 11.0 Å². The number of ketones is 1. The van der Waals surface area contributed by atoms with Crippen LogP contribution in [0.3, 0.4) is 0 Å². The van der Waals surface area contributed by atoms with Crippen molar-refractivity contribution in [2.45, 2.75) is 33.0 Å². The number of aryl methyl sites for hydroxylation is 1. The number of benzene rings is 2. The molecule has 1 heterocycles. The molecular formula is C23H21F3N4O4. The zero-order valence-electron chi connectivity index (χ0n) is 18.8. The van der Waals surface area contributed by atoms with Gasteiger partial charge in [0.1, 0.15) is 0 Å². The monoisotopic (exact) mass is 474 g/mol. The minimum atomic E-state index is -4.55. The maximum atomic E-state index is 13.1. The summed E-state index contributed by atoms with van der Waals surface area (Å²) in [6.45, 7) is 4.60. The van der Waals surface area contributed by atoms with Gasteiger partial charge in [-0.25, -0.2) is 4.68 Å². The lowest BCUT2D eigenvalue weighted by atomic mass is 10.0. The van der Waals surface area contributed by atoms with Gasteiger partial charge in [-0.05, 0) is 44.5 Å². The predicted octanol–water partition coefficient (Wildman–Crippen LogP) is 4.82. The second kappa shape index (κ2) is 9.08. The normalized spacial score (nSPS) is 12.3. The van der Waals surface area contributed by atoms with Crippen molar-refractivity contribution in [3.8, 4) is 5.69 Å². The summed E-state index contributed by atoms with van der Waals surface area (Å²) >= 11 is 0. The standard InChI is InChI=1S/C23H21F3N4O4/c1-13-20(15(3)29(27-13)18-9-6-8-17(12-18)23(24,25)26)21(31)22(32)28(4)14(2)16-7-5-10-19(11-16)30(33)34/h5-12,14H,1-4H3/t14-/m0/s1. The average Bonchev–Trinajstić information content (AvgIpc) is 3.10. The summed E-state index contributed by atoms with van der Waals surface area (Å²) in [5.41, 5.74) is -0.0689. The highest BCUT2D eigenvalue weighted by Crippen LogP contribution is 2.31. The Morgan fingerprint density at radius 2 is 1.76 bits per heavy atom. The molecule has 178 valence electrons. The summed E-state index contributed by atoms with van der Waals surface area (Å²) in [6.07, 6.45) is -4.55. The van der Waals surface area contributed by atoms with E-state index in [1.54, 1.807) is 13.0 Å². The van der Waals surface area contributed by atoms with E-state index < -0.39 is 34.4 Å². The zero-order valence-corrected chi connectivity index (χ0v) is 18.8. The molecule has 0 N–H and O–H groups in total. The molecule has 0 bridgehead atoms. The number of amides is 1. The Bertz CT molecular complexity index is 1280. The molecule has 8 nitrogen and oxygen atoms in total. The van der Waals surface area contributed by atoms with Crippen LogP contribution in [0.4, 0.5) is 18.9 Å². The topological polar surface area (TPSA) is 98.3 Å². The van der Waals surface area contributed by atoms with Crippen molar-refractivity contribution in [2.75, 3.05) is 7.05 Å². The largest absolute Gasteiger partial charge is 0.416 e. The Morgan fingerprint density at radius 1 is 1.12 bits per heavy atom. The van der Waals surface area contributed by atoms with Crippen molar-refractivity contribution >= 4 is 17.4 Å². The van der Waals surface area contributed by atoms with Crippen LogP contribution >= 0.6 is 0 Å². The summed E-state index contributed by atoms with van der Waals surface area (Å²) in [5.74, 6) is -1.76. The SMILES string of the molecule is Cc1nn(-c2cccc(C(F)(F)F)c2)c(C)c1C(=O)C(=O)N(C)[C@@H](C)c1cccc([N+](=O)[O-])c1. The number of aromatic nitrogens is 2. The van der Waals surface area contributed by atoms with E-state index in [9.17, 15) is 32.9 Å². The van der Waals surface area contributed by atoms with Crippen LogP contribution < -0.4 is 0 Å². The molecule has 0 saturated heterocycles. The fraction of sp³-hybridized carbons (Fsp3) is 0.261. The van der Waals surface area contributed by atoms with Gasteiger partial charge in [-0.15, -0.1) is 0 Å². The molecule has 1 atom stereocenters. The lowest BCUT2D eigenvalue weighted by molar-refractivity contribution is -0.384. The molecule has 0 fully saturated rings. The van der Waals surface area contributed by atoms with Gasteiger partial charge in [0.05, 0.1) is 39.2 Å². The highest BCUT2D eigenvalue weighted by atomic mass is 19.4. The van der Waals surface area contributed by atoms with Crippen molar-refractivity contribution in [1.82, 2.24) is 14.7 Å². The third kappa shape index (κ3) is 4.68. The van der Waals surface area contributed by atoms with E-state index in [1.165, 1.54) is 55.9 Å². The second-order valence-electron chi connectivity index (χ2n) is 7.78. The van der Waals surface area contributed by atoms with Gasteiger partial charge >= 0.3 is 6.18 Å². The zero-order chi connectivity index (χ0) is 25.4. The van der Waals surface area contributed by atoms with E-state index in [-0.39, 0.29) is 28.3 Å². The van der Waals surface area contributed by atoms with E-state index in [0.717, 1.165) is 17.0 Å². The number of rotatable bonds is 6. The van der Waals surface area contributed by atoms with Crippen molar-refractivity contribution in [2.24, 2.45) is 0 Å². The fourth-order valence-electron chi connectivity index (χ4n) is 3.60. The molecular weight excluding hydrogens is 453 g/mol. The van der Waals surface area contributed by atoms with Crippen LogP contribution in [0.2, 0.25) is 0 Å². The van der Waals surface area contributed by atoms with Gasteiger partial charge in [0, 0.05) is 19.2 Å². The highest BCUT2D eigenvalue weighted by Gasteiger charge is 2.32. The second-order valence-corrected chi connectivity index (χ2v) is 7.78. The number of nitro benzene ring substituents is 1. The Kier molecular flexibility index (Phi) is 6.58. The Labute approximate surface area is 192 Å². The van der Waals surface area contributed by atoms with Crippen LogP contribution in [0.15, 0.2) is 48.5 Å². The number of hydrogen-bond donors (Lipinski definition) is 0. The first kappa shape index (κ1) is 24.6. The number of carbonyl (C=O) groups excluding carboxylic acids is 2. The molecule has 0 radical (unpaired) electrons. The summed E-state index contributed by atoms with van der Waals surface area (Å²) in [4.78, 5) is 37.7. The quantitative estimate of drug-likeness (QED) is 0.221. The summed E-state index contributed by atoms with van der Waals surface area (Å²) in [5, 5.41) is 15.2. The number of likely N-dealkylation sites (N-methyl/N-ethyl adjacent to an activating group) is 1. The Balaban J connectivity index is 1.92. The first-order chi connectivity index (χ1) is 15.8. The molecule has 0 spiro atoms. The van der Waals surface area contributed by atoms with Crippen LogP contribution in [-0.4, -0.2) is 38.3 Å². The van der Waals surface area contributed by atoms with Gasteiger partial charge < -0.3 is 4.90 Å². The number of halogens is 3. The van der Waals surface area contributed by atoms with Gasteiger partial charge in [-0.2, -0.15) is 18.3 Å². The minimum absolute atomic E-state index is 0.0134. The lowest BCUT2D eigenvalue weighted by Crippen LogP contribution is -2.35. The first-order valence-corrected chi connectivity index (χ1v) is 10.1. The smallest absolute Gasteiger partial charge is 0.332 e. The molecule has 1 aromatic heterocycles. The number of hydrogen-bond acceptors (Lipinski definition) is 5. The number of Topliss-reactive ketones (excluding diaryl/α,β-unsaturated/α-hetero) is 1. The van der Waals surface area contributed by atoms with Crippen LogP contribution in [0.25, 0.3) is 5.69 Å². The maximum Gasteiger partial charge on any atom is 0.416 e. The molecule has 3 rings (SSSR count). The Hall–Kier alpha value is -4.02. The van der Waals surface area contributed by atoms with Crippen molar-refractivity contribution in [1.29, 1.82) is 0 Å². The summed E-state index contributed by atoms with van der Waals surface area (Å²) in [7, 11) is 1.39. The molecule has 3 aromatic rings. The Morgan fingerprint density at radius 3 is 2.38 bits per heavy atom. The number of alkyl halides is 3. The number of carbonyl (C=O) groups is 2. The molecule has 0 aliphatic heterocycles. The fourth-order valence-corrected chi connectivity index (χ4v) is 3.60. The van der Waals surface area contributed by atoms with Crippen molar-refractivity contribution < 1.29 is 27.7 Å². The van der Waals surface area contributed by atoms with Crippen LogP contribution in [0, 0.1) is 24.0 Å². The van der Waals surface area contributed by atoms with Crippen LogP contribution in [0.1, 0.15) is 45.8 Å². The molecule has 11 heteroatoms. The van der Waals surface area contributed by atoms with E-state index in [0.29, 0.717) is 5.56 Å². The number of nitrogens with zero attached hydrogens (tertiary/aromatic N) is 4. The highest BCUT2D eigenvalue weighted by molar-refractivity contribution is 6.43. The molecule has 0 aliphatic rings. The predicted molar refractivity (Wildman–Crippen MR) is 117 cm³/mol. The molecule has 34 heavy (non-hydrogen) atoms. The molecule has 2 aromatic carbocycles. The lowest BCUT2D eigenvalue weighted by Gasteiger charge is -2.24. The first-order valence-electron chi connectivity index (χ1n) is 10.1. The van der Waals surface area contributed by atoms with Gasteiger partial charge in [0.15, 0.2) is 0 Å². The number of nitro groups is 1. The van der Waals surface area contributed by atoms with Gasteiger partial charge in [-0.3, -0.25) is 19.7 Å². The molecule has 0 unspecified atom stereocenters. The molecule has 0 aliphatic carbocycles. The third-order valence-electron chi connectivity index (χ3n) is 5.60. The average molecular weight is 474 g/mol. The van der Waals surface area contributed by atoms with E-state index in [4.69, 9.17) is 0 Å². The van der Waals surface area contributed by atoms with E-state index >= 15 is 0 Å². The van der Waals surface area contributed by atoms with Crippen molar-refractivity contribution in [3.05, 3.63) is 86.7 Å². The van der Waals surface area contributed by atoms with Gasteiger partial charge in [0.2, 0.25) is 0 Å². The van der Waals surface area contributed by atoms with E-state index in [2.05, 4.69) is 5.10 Å². The minimum Gasteiger partial charge on any atom is -0.332 e. The van der Waals surface area contributed by atoms with E-state index in [1.807, 2.05) is 0 Å². The molecule has 1 amide bonds. The third-order valence-corrected chi connectivity index (χ3v) is 5.60. The maximum absolute atomic E-state index is 13.1. The van der Waals surface area contributed by atoms with Gasteiger partial charge in [-0.1, -0.05) is 18.2 Å². The summed E-state index contributed by atoms with van der Waals surface area (Å²) in [6, 6.07) is 9.55. The van der Waals surface area contributed by atoms with Crippen molar-refractivity contribution in [3.63, 3.8) is 0 Å². The van der Waals surface area contributed by atoms with Crippen LogP contribution in [0.5, 0.6) is 0 Å². The number of non-ortho nitro benzene ring substituents is 1. The summed E-state index contributed by atoms with van der Waals surface area (Å²) < 4.78 is 40.5. The molecule has 0 saturated carbocycles. The van der Waals surface area contributed by atoms with Gasteiger partial charge in [0.25, 0.3) is 17.4 Å².